The van der Waals surface area contributed by atoms with Crippen LogP contribution >= 0.6 is 11.3 Å². The van der Waals surface area contributed by atoms with Crippen LogP contribution in [0, 0.1) is 13.8 Å². The second kappa shape index (κ2) is 5.23. The Hall–Kier alpha value is -1.19. The third-order valence-corrected chi connectivity index (χ3v) is 3.43. The number of benzene rings is 1. The van der Waals surface area contributed by atoms with Gasteiger partial charge in [-0.05, 0) is 25.0 Å². The molecule has 1 aromatic carbocycles. The molecule has 2 nitrogen and oxygen atoms in total. The smallest absolute Gasteiger partial charge is 0.107 e. The molecular weight excluding hydrogens is 216 g/mol. The lowest BCUT2D eigenvalue weighted by Gasteiger charge is -2.05. The molecule has 0 aliphatic rings. The summed E-state index contributed by atoms with van der Waals surface area (Å²) in [4.78, 5) is 5.60. The number of nitrogens with zero attached hydrogens (tertiary/aromatic N) is 1. The number of nitrogens with one attached hydrogen (secondary N) is 1. The van der Waals surface area contributed by atoms with Gasteiger partial charge >= 0.3 is 0 Å². The Morgan fingerprint density at radius 3 is 2.69 bits per heavy atom. The predicted octanol–water partition coefficient (Wildman–Crippen LogP) is 3.05. The molecule has 0 aliphatic heterocycles. The summed E-state index contributed by atoms with van der Waals surface area (Å²) in [6.07, 6.45) is 1.93. The van der Waals surface area contributed by atoms with Crippen molar-refractivity contribution in [3.05, 3.63) is 51.5 Å². The molecule has 0 unspecified atom stereocenters. The quantitative estimate of drug-likeness (QED) is 0.876. The molecule has 2 rings (SSSR count). The maximum Gasteiger partial charge on any atom is 0.107 e. The van der Waals surface area contributed by atoms with Gasteiger partial charge in [0.2, 0.25) is 0 Å². The Morgan fingerprint density at radius 1 is 1.19 bits per heavy atom. The molecule has 16 heavy (non-hydrogen) atoms. The number of hydrogen-bond donors (Lipinski definition) is 1. The van der Waals surface area contributed by atoms with Gasteiger partial charge < -0.3 is 5.32 Å². The van der Waals surface area contributed by atoms with Crippen molar-refractivity contribution in [1.29, 1.82) is 0 Å². The minimum atomic E-state index is 0.854. The van der Waals surface area contributed by atoms with Crippen molar-refractivity contribution in [3.63, 3.8) is 0 Å². The first-order valence-electron chi connectivity index (χ1n) is 5.42. The van der Waals surface area contributed by atoms with Gasteiger partial charge in [-0.1, -0.05) is 24.3 Å². The van der Waals surface area contributed by atoms with E-state index in [4.69, 9.17) is 0 Å². The fourth-order valence-electron chi connectivity index (χ4n) is 1.60. The maximum absolute atomic E-state index is 4.33. The van der Waals surface area contributed by atoms with Crippen LogP contribution in [0.5, 0.6) is 0 Å². The molecule has 1 aromatic heterocycles. The van der Waals surface area contributed by atoms with E-state index in [0.717, 1.165) is 18.1 Å². The van der Waals surface area contributed by atoms with E-state index >= 15 is 0 Å². The molecule has 0 atom stereocenters. The summed E-state index contributed by atoms with van der Waals surface area (Å²) in [6.45, 7) is 5.99. The van der Waals surface area contributed by atoms with Gasteiger partial charge in [-0.3, -0.25) is 0 Å². The van der Waals surface area contributed by atoms with E-state index in [1.54, 1.807) is 11.3 Å². The van der Waals surface area contributed by atoms with Crippen LogP contribution in [-0.2, 0) is 13.1 Å². The molecule has 84 valence electrons. The van der Waals surface area contributed by atoms with Crippen LogP contribution in [0.1, 0.15) is 21.0 Å². The van der Waals surface area contributed by atoms with Crippen molar-refractivity contribution in [3.8, 4) is 0 Å². The van der Waals surface area contributed by atoms with E-state index in [9.17, 15) is 0 Å². The van der Waals surface area contributed by atoms with Gasteiger partial charge in [-0.15, -0.1) is 11.3 Å². The Balaban J connectivity index is 1.87. The molecule has 0 amide bonds. The molecule has 0 radical (unpaired) electrons. The fourth-order valence-corrected chi connectivity index (χ4v) is 2.35. The number of rotatable bonds is 4. The average Bonchev–Trinajstić information content (AvgIpc) is 2.67. The first kappa shape index (κ1) is 11.3. The number of thiazole rings is 1. The Bertz CT molecular complexity index is 462. The first-order chi connectivity index (χ1) is 7.75. The predicted molar refractivity (Wildman–Crippen MR) is 68.6 cm³/mol. The SMILES string of the molecule is Cc1cnc(CNCc2ccccc2C)s1. The van der Waals surface area contributed by atoms with Gasteiger partial charge in [-0.2, -0.15) is 0 Å². The van der Waals surface area contributed by atoms with Crippen LogP contribution in [-0.4, -0.2) is 4.98 Å². The van der Waals surface area contributed by atoms with Crippen molar-refractivity contribution in [2.75, 3.05) is 0 Å². The zero-order valence-corrected chi connectivity index (χ0v) is 10.5. The van der Waals surface area contributed by atoms with Crippen molar-refractivity contribution in [2.24, 2.45) is 0 Å². The van der Waals surface area contributed by atoms with Gasteiger partial charge in [0.05, 0.1) is 0 Å². The van der Waals surface area contributed by atoms with Crippen LogP contribution in [0.4, 0.5) is 0 Å². The highest BCUT2D eigenvalue weighted by molar-refractivity contribution is 7.11. The molecule has 1 N–H and O–H groups in total. The average molecular weight is 232 g/mol. The van der Waals surface area contributed by atoms with E-state index in [2.05, 4.69) is 48.4 Å². The second-order valence-corrected chi connectivity index (χ2v) is 5.21. The molecule has 0 spiro atoms. The minimum Gasteiger partial charge on any atom is -0.306 e. The Kier molecular flexibility index (Phi) is 3.70. The molecule has 0 saturated heterocycles. The Labute approximate surface area is 100 Å². The minimum absolute atomic E-state index is 0.854. The maximum atomic E-state index is 4.33. The number of aryl methyl sites for hydroxylation is 2. The monoisotopic (exact) mass is 232 g/mol. The van der Waals surface area contributed by atoms with E-state index in [-0.39, 0.29) is 0 Å². The molecule has 0 aliphatic carbocycles. The third kappa shape index (κ3) is 2.90. The summed E-state index contributed by atoms with van der Waals surface area (Å²) in [5.74, 6) is 0. The zero-order valence-electron chi connectivity index (χ0n) is 9.66. The van der Waals surface area contributed by atoms with Crippen LogP contribution < -0.4 is 5.32 Å². The second-order valence-electron chi connectivity index (χ2n) is 3.89. The molecular formula is C13H16N2S. The highest BCUT2D eigenvalue weighted by Crippen LogP contribution is 2.11. The lowest BCUT2D eigenvalue weighted by Crippen LogP contribution is -2.13. The largest absolute Gasteiger partial charge is 0.306 e. The van der Waals surface area contributed by atoms with Crippen molar-refractivity contribution in [1.82, 2.24) is 10.3 Å². The highest BCUT2D eigenvalue weighted by Gasteiger charge is 1.99. The Morgan fingerprint density at radius 2 is 2.00 bits per heavy atom. The molecule has 2 aromatic rings. The zero-order chi connectivity index (χ0) is 11.4. The summed E-state index contributed by atoms with van der Waals surface area (Å²) < 4.78 is 0. The number of hydrogen-bond acceptors (Lipinski definition) is 3. The fraction of sp³-hybridized carbons (Fsp3) is 0.308. The summed E-state index contributed by atoms with van der Waals surface area (Å²) in [5, 5.41) is 4.58. The molecule has 1 heterocycles. The van der Waals surface area contributed by atoms with Gasteiger partial charge in [0.15, 0.2) is 0 Å². The summed E-state index contributed by atoms with van der Waals surface area (Å²) >= 11 is 1.75. The van der Waals surface area contributed by atoms with E-state index in [0.29, 0.717) is 0 Å². The highest BCUT2D eigenvalue weighted by atomic mass is 32.1. The molecule has 0 saturated carbocycles. The van der Waals surface area contributed by atoms with Crippen LogP contribution in [0.3, 0.4) is 0 Å². The summed E-state index contributed by atoms with van der Waals surface area (Å²) in [7, 11) is 0. The number of aromatic nitrogens is 1. The van der Waals surface area contributed by atoms with Crippen LogP contribution in [0.2, 0.25) is 0 Å². The van der Waals surface area contributed by atoms with Crippen molar-refractivity contribution >= 4 is 11.3 Å². The topological polar surface area (TPSA) is 24.9 Å². The van der Waals surface area contributed by atoms with Gasteiger partial charge in [-0.25, -0.2) is 4.98 Å². The molecule has 0 fully saturated rings. The van der Waals surface area contributed by atoms with Gasteiger partial charge in [0.1, 0.15) is 5.01 Å². The van der Waals surface area contributed by atoms with E-state index in [1.807, 2.05) is 6.20 Å². The summed E-state index contributed by atoms with van der Waals surface area (Å²) in [5.41, 5.74) is 2.70. The normalized spacial score (nSPS) is 10.6. The lowest BCUT2D eigenvalue weighted by atomic mass is 10.1. The van der Waals surface area contributed by atoms with E-state index in [1.165, 1.54) is 16.0 Å². The van der Waals surface area contributed by atoms with E-state index < -0.39 is 0 Å². The van der Waals surface area contributed by atoms with Crippen LogP contribution in [0.15, 0.2) is 30.5 Å². The molecule has 3 heteroatoms. The first-order valence-corrected chi connectivity index (χ1v) is 6.24. The lowest BCUT2D eigenvalue weighted by molar-refractivity contribution is 0.687. The van der Waals surface area contributed by atoms with Gasteiger partial charge in [0.25, 0.3) is 0 Å². The summed E-state index contributed by atoms with van der Waals surface area (Å²) in [6, 6.07) is 8.46. The van der Waals surface area contributed by atoms with Gasteiger partial charge in [0, 0.05) is 24.2 Å². The van der Waals surface area contributed by atoms with Crippen molar-refractivity contribution in [2.45, 2.75) is 26.9 Å². The standard InChI is InChI=1S/C13H16N2S/c1-10-5-3-4-6-12(10)8-14-9-13-15-7-11(2)16-13/h3-7,14H,8-9H2,1-2H3. The van der Waals surface area contributed by atoms with Crippen LogP contribution in [0.25, 0.3) is 0 Å². The van der Waals surface area contributed by atoms with Crippen molar-refractivity contribution < 1.29 is 0 Å². The molecule has 0 bridgehead atoms. The third-order valence-electron chi connectivity index (χ3n) is 2.52.